The standard InChI is InChI=1S/C18H25NO2.C2H6/c1-2-3-4-5-6-7-8-9-10-14-21-17-13-11-12-16(15-17)18(19)20;1-2/h1,11-13,15H,3-10,14H2,(H2,19,20);1-2H3. The van der Waals surface area contributed by atoms with Crippen molar-refractivity contribution in [2.24, 2.45) is 5.73 Å². The number of rotatable bonds is 11. The van der Waals surface area contributed by atoms with Crippen LogP contribution in [0.4, 0.5) is 0 Å². The molecule has 0 atom stereocenters. The molecular formula is C20H31NO2. The van der Waals surface area contributed by atoms with E-state index in [1.54, 1.807) is 18.2 Å². The number of ether oxygens (including phenoxy) is 1. The van der Waals surface area contributed by atoms with Crippen LogP contribution < -0.4 is 10.5 Å². The molecule has 0 radical (unpaired) electrons. The molecule has 0 aromatic heterocycles. The van der Waals surface area contributed by atoms with E-state index < -0.39 is 5.91 Å². The van der Waals surface area contributed by atoms with Crippen LogP contribution in [-0.4, -0.2) is 12.5 Å². The van der Waals surface area contributed by atoms with E-state index in [1.807, 2.05) is 19.9 Å². The van der Waals surface area contributed by atoms with Crippen molar-refractivity contribution < 1.29 is 9.53 Å². The second-order valence-electron chi connectivity index (χ2n) is 5.17. The first kappa shape index (κ1) is 21.0. The lowest BCUT2D eigenvalue weighted by atomic mass is 10.1. The van der Waals surface area contributed by atoms with E-state index in [-0.39, 0.29) is 0 Å². The zero-order valence-corrected chi connectivity index (χ0v) is 14.6. The highest BCUT2D eigenvalue weighted by molar-refractivity contribution is 5.93. The van der Waals surface area contributed by atoms with E-state index in [9.17, 15) is 4.79 Å². The third-order valence-corrected chi connectivity index (χ3v) is 3.35. The Morgan fingerprint density at radius 3 is 2.30 bits per heavy atom. The summed E-state index contributed by atoms with van der Waals surface area (Å²) >= 11 is 0. The maximum absolute atomic E-state index is 11.1. The molecule has 1 amide bonds. The molecule has 1 aromatic rings. The molecule has 0 saturated heterocycles. The predicted octanol–water partition coefficient (Wildman–Crippen LogP) is 4.94. The molecule has 0 aliphatic heterocycles. The minimum atomic E-state index is -0.426. The van der Waals surface area contributed by atoms with Gasteiger partial charge in [0.25, 0.3) is 0 Å². The predicted molar refractivity (Wildman–Crippen MR) is 97.6 cm³/mol. The molecule has 0 bridgehead atoms. The van der Waals surface area contributed by atoms with Gasteiger partial charge in [-0.05, 0) is 31.0 Å². The molecule has 0 heterocycles. The number of nitrogens with two attached hydrogens (primary N) is 1. The lowest BCUT2D eigenvalue weighted by molar-refractivity contribution is 0.1000. The summed E-state index contributed by atoms with van der Waals surface area (Å²) in [4.78, 5) is 11.1. The molecule has 0 aliphatic carbocycles. The number of carbonyl (C=O) groups excluding carboxylic acids is 1. The van der Waals surface area contributed by atoms with Crippen molar-refractivity contribution >= 4 is 5.91 Å². The summed E-state index contributed by atoms with van der Waals surface area (Å²) < 4.78 is 5.63. The van der Waals surface area contributed by atoms with Gasteiger partial charge in [0.1, 0.15) is 5.75 Å². The van der Waals surface area contributed by atoms with Crippen LogP contribution >= 0.6 is 0 Å². The average Bonchev–Trinajstić information content (AvgIpc) is 2.58. The van der Waals surface area contributed by atoms with Crippen molar-refractivity contribution in [1.82, 2.24) is 0 Å². The van der Waals surface area contributed by atoms with E-state index in [0.717, 1.165) is 19.3 Å². The Hall–Kier alpha value is -1.95. The molecule has 2 N–H and O–H groups in total. The van der Waals surface area contributed by atoms with Crippen LogP contribution in [0.2, 0.25) is 0 Å². The van der Waals surface area contributed by atoms with Gasteiger partial charge in [-0.2, -0.15) is 0 Å². The number of amides is 1. The van der Waals surface area contributed by atoms with Crippen molar-refractivity contribution in [3.8, 4) is 18.1 Å². The number of primary amides is 1. The summed E-state index contributed by atoms with van der Waals surface area (Å²) in [6.45, 7) is 4.68. The highest BCUT2D eigenvalue weighted by Crippen LogP contribution is 2.14. The van der Waals surface area contributed by atoms with Gasteiger partial charge in [0.15, 0.2) is 0 Å². The second kappa shape index (κ2) is 15.0. The van der Waals surface area contributed by atoms with Crippen LogP contribution in [0.5, 0.6) is 5.75 Å². The quantitative estimate of drug-likeness (QED) is 0.464. The van der Waals surface area contributed by atoms with Gasteiger partial charge in [-0.1, -0.05) is 52.0 Å². The Morgan fingerprint density at radius 1 is 1.09 bits per heavy atom. The number of benzene rings is 1. The van der Waals surface area contributed by atoms with Gasteiger partial charge < -0.3 is 10.5 Å². The molecule has 0 spiro atoms. The van der Waals surface area contributed by atoms with Gasteiger partial charge in [-0.3, -0.25) is 4.79 Å². The highest BCUT2D eigenvalue weighted by atomic mass is 16.5. The number of hydrogen-bond donors (Lipinski definition) is 1. The topological polar surface area (TPSA) is 52.3 Å². The smallest absolute Gasteiger partial charge is 0.248 e. The zero-order chi connectivity index (χ0) is 17.3. The Labute approximate surface area is 141 Å². The molecule has 0 fully saturated rings. The van der Waals surface area contributed by atoms with Crippen molar-refractivity contribution in [2.75, 3.05) is 6.61 Å². The summed E-state index contributed by atoms with van der Waals surface area (Å²) in [7, 11) is 0. The maximum atomic E-state index is 11.1. The zero-order valence-electron chi connectivity index (χ0n) is 14.6. The SMILES string of the molecule is C#CCCCCCCCCCOc1cccc(C(N)=O)c1.CC. The highest BCUT2D eigenvalue weighted by Gasteiger charge is 2.01. The average molecular weight is 317 g/mol. The Bertz CT molecular complexity index is 463. The molecule has 128 valence electrons. The lowest BCUT2D eigenvalue weighted by Crippen LogP contribution is -2.10. The molecule has 1 aromatic carbocycles. The molecule has 23 heavy (non-hydrogen) atoms. The maximum Gasteiger partial charge on any atom is 0.248 e. The number of terminal acetylenes is 1. The van der Waals surface area contributed by atoms with Crippen LogP contribution in [-0.2, 0) is 0 Å². The first-order valence-corrected chi connectivity index (χ1v) is 8.70. The number of hydrogen-bond acceptors (Lipinski definition) is 2. The molecule has 0 saturated carbocycles. The fourth-order valence-corrected chi connectivity index (χ4v) is 2.14. The monoisotopic (exact) mass is 317 g/mol. The fraction of sp³-hybridized carbons (Fsp3) is 0.550. The van der Waals surface area contributed by atoms with Gasteiger partial charge in [-0.15, -0.1) is 12.3 Å². The summed E-state index contributed by atoms with van der Waals surface area (Å²) in [5, 5.41) is 0. The molecule has 3 nitrogen and oxygen atoms in total. The Morgan fingerprint density at radius 2 is 1.70 bits per heavy atom. The third kappa shape index (κ3) is 11.3. The van der Waals surface area contributed by atoms with Crippen LogP contribution in [0.15, 0.2) is 24.3 Å². The molecule has 1 rings (SSSR count). The van der Waals surface area contributed by atoms with Crippen LogP contribution in [0, 0.1) is 12.3 Å². The van der Waals surface area contributed by atoms with Crippen molar-refractivity contribution in [3.05, 3.63) is 29.8 Å². The van der Waals surface area contributed by atoms with Crippen LogP contribution in [0.3, 0.4) is 0 Å². The first-order chi connectivity index (χ1) is 11.2. The lowest BCUT2D eigenvalue weighted by Gasteiger charge is -2.07. The third-order valence-electron chi connectivity index (χ3n) is 3.35. The Balaban J connectivity index is 0.00000232. The summed E-state index contributed by atoms with van der Waals surface area (Å²) in [5.74, 6) is 2.95. The van der Waals surface area contributed by atoms with Crippen LogP contribution in [0.25, 0.3) is 0 Å². The molecule has 3 heteroatoms. The summed E-state index contributed by atoms with van der Waals surface area (Å²) in [6.07, 6.45) is 14.5. The van der Waals surface area contributed by atoms with Crippen molar-refractivity contribution in [2.45, 2.75) is 65.2 Å². The van der Waals surface area contributed by atoms with Gasteiger partial charge in [0, 0.05) is 12.0 Å². The number of carbonyl (C=O) groups is 1. The van der Waals surface area contributed by atoms with Gasteiger partial charge >= 0.3 is 0 Å². The van der Waals surface area contributed by atoms with E-state index in [0.29, 0.717) is 17.9 Å². The van der Waals surface area contributed by atoms with Gasteiger partial charge in [-0.25, -0.2) is 0 Å². The van der Waals surface area contributed by atoms with E-state index in [2.05, 4.69) is 5.92 Å². The van der Waals surface area contributed by atoms with E-state index in [4.69, 9.17) is 16.9 Å². The fourth-order valence-electron chi connectivity index (χ4n) is 2.14. The van der Waals surface area contributed by atoms with Gasteiger partial charge in [0.2, 0.25) is 5.91 Å². The van der Waals surface area contributed by atoms with Crippen molar-refractivity contribution in [1.29, 1.82) is 0 Å². The van der Waals surface area contributed by atoms with Crippen LogP contribution in [0.1, 0.15) is 75.6 Å². The molecule has 0 aliphatic rings. The van der Waals surface area contributed by atoms with E-state index in [1.165, 1.54) is 32.1 Å². The summed E-state index contributed by atoms with van der Waals surface area (Å²) in [5.41, 5.74) is 5.72. The largest absolute Gasteiger partial charge is 0.494 e. The normalized spacial score (nSPS) is 9.43. The van der Waals surface area contributed by atoms with Gasteiger partial charge in [0.05, 0.1) is 6.61 Å². The molecule has 0 unspecified atom stereocenters. The minimum absolute atomic E-state index is 0.426. The number of unbranched alkanes of at least 4 members (excludes halogenated alkanes) is 7. The second-order valence-corrected chi connectivity index (χ2v) is 5.17. The van der Waals surface area contributed by atoms with E-state index >= 15 is 0 Å². The Kier molecular flexibility index (Phi) is 13.7. The van der Waals surface area contributed by atoms with Crippen molar-refractivity contribution in [3.63, 3.8) is 0 Å². The summed E-state index contributed by atoms with van der Waals surface area (Å²) in [6, 6.07) is 7.01. The molecular weight excluding hydrogens is 286 g/mol. The first-order valence-electron chi connectivity index (χ1n) is 8.70. The minimum Gasteiger partial charge on any atom is -0.494 e.